The van der Waals surface area contributed by atoms with Crippen molar-refractivity contribution in [3.05, 3.63) is 39.9 Å². The van der Waals surface area contributed by atoms with Gasteiger partial charge in [0, 0.05) is 0 Å². The molecule has 1 aromatic heterocycles. The summed E-state index contributed by atoms with van der Waals surface area (Å²) in [7, 11) is 1.08. The summed E-state index contributed by atoms with van der Waals surface area (Å²) in [5.41, 5.74) is -1.79. The van der Waals surface area contributed by atoms with Crippen LogP contribution < -0.4 is 0 Å². The van der Waals surface area contributed by atoms with Crippen LogP contribution in [0.5, 0.6) is 0 Å². The number of rotatable bonds is 2. The van der Waals surface area contributed by atoms with Crippen LogP contribution >= 0.6 is 15.9 Å². The molecule has 1 aromatic carbocycles. The molecule has 0 saturated heterocycles. The van der Waals surface area contributed by atoms with Crippen LogP contribution in [0, 0.1) is 5.82 Å². The Balaban J connectivity index is 2.65. The first-order chi connectivity index (χ1) is 9.75. The molecule has 0 aliphatic rings. The number of aromatic amines is 1. The van der Waals surface area contributed by atoms with Crippen LogP contribution in [-0.2, 0) is 10.9 Å². The molecule has 1 N–H and O–H groups in total. The highest BCUT2D eigenvalue weighted by atomic mass is 79.9. The van der Waals surface area contributed by atoms with E-state index in [2.05, 4.69) is 25.7 Å². The fourth-order valence-corrected chi connectivity index (χ4v) is 2.20. The van der Waals surface area contributed by atoms with Crippen LogP contribution in [0.2, 0.25) is 0 Å². The normalized spacial score (nSPS) is 11.5. The van der Waals surface area contributed by atoms with Crippen molar-refractivity contribution in [1.82, 2.24) is 9.97 Å². The number of hydrogen-bond donors (Lipinski definition) is 1. The summed E-state index contributed by atoms with van der Waals surface area (Å²) in [4.78, 5) is 17.1. The van der Waals surface area contributed by atoms with Gasteiger partial charge in [-0.3, -0.25) is 0 Å². The number of ether oxygens (including phenoxy) is 1. The van der Waals surface area contributed by atoms with Crippen molar-refractivity contribution in [2.75, 3.05) is 7.11 Å². The molecule has 0 saturated carbocycles. The number of esters is 1. The SMILES string of the molecule is COC(=O)c1cccc(F)c1-c1nc(Br)c(C(F)(F)F)[nH]1. The number of H-pyrrole nitrogens is 1. The molecule has 2 rings (SSSR count). The Morgan fingerprint density at radius 3 is 2.57 bits per heavy atom. The average Bonchev–Trinajstić information content (AvgIpc) is 2.79. The number of nitrogens with one attached hydrogen (secondary N) is 1. The van der Waals surface area contributed by atoms with Crippen LogP contribution in [-0.4, -0.2) is 23.0 Å². The van der Waals surface area contributed by atoms with Gasteiger partial charge in [0.25, 0.3) is 0 Å². The number of carbonyl (C=O) groups excluding carboxylic acids is 1. The van der Waals surface area contributed by atoms with Crippen molar-refractivity contribution in [1.29, 1.82) is 0 Å². The number of benzene rings is 1. The molecule has 1 heterocycles. The van der Waals surface area contributed by atoms with E-state index >= 15 is 0 Å². The van der Waals surface area contributed by atoms with E-state index in [1.165, 1.54) is 12.1 Å². The lowest BCUT2D eigenvalue weighted by atomic mass is 10.1. The van der Waals surface area contributed by atoms with Crippen molar-refractivity contribution in [2.24, 2.45) is 0 Å². The van der Waals surface area contributed by atoms with Gasteiger partial charge in [-0.25, -0.2) is 14.2 Å². The molecule has 0 aliphatic heterocycles. The first-order valence-corrected chi connectivity index (χ1v) is 6.25. The predicted molar refractivity (Wildman–Crippen MR) is 68.0 cm³/mol. The highest BCUT2D eigenvalue weighted by Gasteiger charge is 2.37. The zero-order chi connectivity index (χ0) is 15.8. The fraction of sp³-hybridized carbons (Fsp3) is 0.167. The number of nitrogens with zero attached hydrogens (tertiary/aromatic N) is 1. The first kappa shape index (κ1) is 15.5. The lowest BCUT2D eigenvalue weighted by Crippen LogP contribution is -2.07. The lowest BCUT2D eigenvalue weighted by Gasteiger charge is -2.07. The molecule has 4 nitrogen and oxygen atoms in total. The highest BCUT2D eigenvalue weighted by molar-refractivity contribution is 9.10. The first-order valence-electron chi connectivity index (χ1n) is 5.45. The Hall–Kier alpha value is -1.90. The summed E-state index contributed by atoms with van der Waals surface area (Å²) >= 11 is 2.65. The smallest absolute Gasteiger partial charge is 0.433 e. The molecule has 0 unspecified atom stereocenters. The predicted octanol–water partition coefficient (Wildman–Crippen LogP) is 3.78. The summed E-state index contributed by atoms with van der Waals surface area (Å²) in [5, 5.41) is 0. The van der Waals surface area contributed by atoms with Crippen LogP contribution in [0.15, 0.2) is 22.8 Å². The second-order valence-electron chi connectivity index (χ2n) is 3.90. The van der Waals surface area contributed by atoms with Crippen molar-refractivity contribution >= 4 is 21.9 Å². The highest BCUT2D eigenvalue weighted by Crippen LogP contribution is 2.36. The molecule has 0 atom stereocenters. The number of carbonyl (C=O) groups is 1. The van der Waals surface area contributed by atoms with Crippen LogP contribution in [0.25, 0.3) is 11.4 Å². The van der Waals surface area contributed by atoms with Gasteiger partial charge in [0.1, 0.15) is 16.2 Å². The maximum atomic E-state index is 13.9. The fourth-order valence-electron chi connectivity index (χ4n) is 1.70. The van der Waals surface area contributed by atoms with Crippen LogP contribution in [0.4, 0.5) is 17.6 Å². The molecule has 0 fully saturated rings. The maximum Gasteiger partial charge on any atom is 0.433 e. The van der Waals surface area contributed by atoms with E-state index in [4.69, 9.17) is 0 Å². The quantitative estimate of drug-likeness (QED) is 0.649. The van der Waals surface area contributed by atoms with Gasteiger partial charge in [0.2, 0.25) is 0 Å². The minimum atomic E-state index is -4.69. The maximum absolute atomic E-state index is 13.9. The second kappa shape index (κ2) is 5.47. The average molecular weight is 367 g/mol. The molecular formula is C12H7BrF4N2O2. The number of alkyl halides is 3. The molecule has 0 aliphatic carbocycles. The standard InChI is InChI=1S/C12H7BrF4N2O2/c1-21-11(20)5-3-2-4-6(14)7(5)10-18-8(9(13)19-10)12(15,16)17/h2-4H,1H3,(H,18,19). The van der Waals surface area contributed by atoms with Crippen LogP contribution in [0.3, 0.4) is 0 Å². The third kappa shape index (κ3) is 2.92. The van der Waals surface area contributed by atoms with Crippen molar-refractivity contribution < 1.29 is 27.1 Å². The van der Waals surface area contributed by atoms with E-state index in [-0.39, 0.29) is 11.1 Å². The van der Waals surface area contributed by atoms with Crippen molar-refractivity contribution in [3.8, 4) is 11.4 Å². The van der Waals surface area contributed by atoms with Gasteiger partial charge >= 0.3 is 12.1 Å². The van der Waals surface area contributed by atoms with E-state index < -0.39 is 34.1 Å². The van der Waals surface area contributed by atoms with Gasteiger partial charge in [0.05, 0.1) is 18.2 Å². The molecule has 0 radical (unpaired) electrons. The number of hydrogen-bond acceptors (Lipinski definition) is 3. The summed E-state index contributed by atoms with van der Waals surface area (Å²) in [6.45, 7) is 0. The monoisotopic (exact) mass is 366 g/mol. The summed E-state index contributed by atoms with van der Waals surface area (Å²) in [6, 6.07) is 3.48. The largest absolute Gasteiger partial charge is 0.465 e. The van der Waals surface area contributed by atoms with Gasteiger partial charge in [-0.15, -0.1) is 0 Å². The Morgan fingerprint density at radius 2 is 2.05 bits per heavy atom. The topological polar surface area (TPSA) is 55.0 Å². The van der Waals surface area contributed by atoms with E-state index in [1.54, 1.807) is 0 Å². The van der Waals surface area contributed by atoms with Crippen molar-refractivity contribution in [2.45, 2.75) is 6.18 Å². The van der Waals surface area contributed by atoms with Gasteiger partial charge in [-0.1, -0.05) is 6.07 Å². The molecule has 0 bridgehead atoms. The number of imidazole rings is 1. The zero-order valence-electron chi connectivity index (χ0n) is 10.4. The van der Waals surface area contributed by atoms with E-state index in [0.717, 1.165) is 13.2 Å². The summed E-state index contributed by atoms with van der Waals surface area (Å²) in [6.07, 6.45) is -4.69. The minimum absolute atomic E-state index is 0.229. The zero-order valence-corrected chi connectivity index (χ0v) is 12.0. The molecule has 9 heteroatoms. The molecule has 0 amide bonds. The molecule has 112 valence electrons. The number of methoxy groups -OCH3 is 1. The van der Waals surface area contributed by atoms with Gasteiger partial charge in [-0.05, 0) is 28.1 Å². The molecule has 21 heavy (non-hydrogen) atoms. The Kier molecular flexibility index (Phi) is 4.04. The van der Waals surface area contributed by atoms with E-state index in [1.807, 2.05) is 4.98 Å². The van der Waals surface area contributed by atoms with Crippen molar-refractivity contribution in [3.63, 3.8) is 0 Å². The number of halogens is 5. The van der Waals surface area contributed by atoms with Gasteiger partial charge in [-0.2, -0.15) is 13.2 Å². The third-order valence-corrected chi connectivity index (χ3v) is 3.17. The van der Waals surface area contributed by atoms with E-state index in [9.17, 15) is 22.4 Å². The van der Waals surface area contributed by atoms with Gasteiger partial charge < -0.3 is 9.72 Å². The minimum Gasteiger partial charge on any atom is -0.465 e. The molecule has 0 spiro atoms. The third-order valence-electron chi connectivity index (χ3n) is 2.60. The van der Waals surface area contributed by atoms with Crippen LogP contribution in [0.1, 0.15) is 16.1 Å². The molecule has 2 aromatic rings. The summed E-state index contributed by atoms with van der Waals surface area (Å²) in [5.74, 6) is -2.20. The molecular weight excluding hydrogens is 360 g/mol. The number of aromatic nitrogens is 2. The summed E-state index contributed by atoms with van der Waals surface area (Å²) < 4.78 is 56.0. The Morgan fingerprint density at radius 1 is 1.38 bits per heavy atom. The Bertz CT molecular complexity index is 697. The van der Waals surface area contributed by atoms with Gasteiger partial charge in [0.15, 0.2) is 5.69 Å². The Labute approximate surface area is 124 Å². The van der Waals surface area contributed by atoms with E-state index in [0.29, 0.717) is 0 Å². The second-order valence-corrected chi connectivity index (χ2v) is 4.65. The lowest BCUT2D eigenvalue weighted by molar-refractivity contribution is -0.141.